The lowest BCUT2D eigenvalue weighted by Crippen LogP contribution is -2.15. The predicted molar refractivity (Wildman–Crippen MR) is 66.5 cm³/mol. The molecule has 1 aromatic heterocycles. The fourth-order valence-corrected chi connectivity index (χ4v) is 1.66. The van der Waals surface area contributed by atoms with Crippen molar-refractivity contribution in [2.45, 2.75) is 19.6 Å². The lowest BCUT2D eigenvalue weighted by molar-refractivity contribution is 0.0309. The fraction of sp³-hybridized carbons (Fsp3) is 0.286. The Morgan fingerprint density at radius 1 is 1.18 bits per heavy atom. The summed E-state index contributed by atoms with van der Waals surface area (Å²) >= 11 is 0. The summed E-state index contributed by atoms with van der Waals surface area (Å²) in [6.07, 6.45) is -0.177. The molecule has 3 heteroatoms. The van der Waals surface area contributed by atoms with Crippen LogP contribution in [0.25, 0.3) is 0 Å². The Bertz CT molecular complexity index is 450. The molecule has 2 rings (SSSR count). The van der Waals surface area contributed by atoms with Crippen molar-refractivity contribution in [3.8, 4) is 0 Å². The molecule has 90 valence electrons. The van der Waals surface area contributed by atoms with Crippen LogP contribution in [-0.2, 0) is 11.3 Å². The molecule has 0 aliphatic heterocycles. The van der Waals surface area contributed by atoms with Crippen LogP contribution in [0.4, 0.5) is 0 Å². The summed E-state index contributed by atoms with van der Waals surface area (Å²) in [5.74, 6) is 1.67. The van der Waals surface area contributed by atoms with Crippen LogP contribution in [-0.4, -0.2) is 6.54 Å². The van der Waals surface area contributed by atoms with Gasteiger partial charge in [0.2, 0.25) is 0 Å². The van der Waals surface area contributed by atoms with Crippen LogP contribution >= 0.6 is 0 Å². The summed E-state index contributed by atoms with van der Waals surface area (Å²) in [5.41, 5.74) is 6.83. The zero-order valence-electron chi connectivity index (χ0n) is 9.93. The highest BCUT2D eigenvalue weighted by atomic mass is 16.5. The molecule has 0 saturated carbocycles. The van der Waals surface area contributed by atoms with E-state index in [-0.39, 0.29) is 6.10 Å². The average Bonchev–Trinajstić information content (AvgIpc) is 2.78. The van der Waals surface area contributed by atoms with Gasteiger partial charge in [0, 0.05) is 6.54 Å². The van der Waals surface area contributed by atoms with Crippen LogP contribution in [0.3, 0.4) is 0 Å². The third-order valence-electron chi connectivity index (χ3n) is 2.59. The highest BCUT2D eigenvalue weighted by molar-refractivity contribution is 5.14. The van der Waals surface area contributed by atoms with Gasteiger partial charge >= 0.3 is 0 Å². The second-order valence-electron chi connectivity index (χ2n) is 3.97. The second kappa shape index (κ2) is 5.66. The number of benzene rings is 1. The van der Waals surface area contributed by atoms with Crippen molar-refractivity contribution < 1.29 is 9.15 Å². The van der Waals surface area contributed by atoms with Gasteiger partial charge in [0.1, 0.15) is 17.6 Å². The first kappa shape index (κ1) is 11.9. The second-order valence-corrected chi connectivity index (χ2v) is 3.97. The van der Waals surface area contributed by atoms with Crippen LogP contribution in [0.2, 0.25) is 0 Å². The highest BCUT2D eigenvalue weighted by Gasteiger charge is 2.13. The molecule has 0 fully saturated rings. The highest BCUT2D eigenvalue weighted by Crippen LogP contribution is 2.20. The maximum atomic E-state index is 5.76. The Kier molecular flexibility index (Phi) is 3.96. The van der Waals surface area contributed by atoms with Gasteiger partial charge in [0.15, 0.2) is 0 Å². The topological polar surface area (TPSA) is 48.4 Å². The maximum Gasteiger partial charge on any atom is 0.134 e. The molecule has 1 unspecified atom stereocenters. The molecule has 0 saturated heterocycles. The molecule has 0 amide bonds. The molecule has 0 spiro atoms. The van der Waals surface area contributed by atoms with Gasteiger partial charge < -0.3 is 14.9 Å². The maximum absolute atomic E-state index is 5.76. The molecular formula is C14H17NO2. The first-order valence-electron chi connectivity index (χ1n) is 5.71. The van der Waals surface area contributed by atoms with E-state index >= 15 is 0 Å². The van der Waals surface area contributed by atoms with Crippen molar-refractivity contribution in [2.75, 3.05) is 6.54 Å². The molecule has 0 radical (unpaired) electrons. The third kappa shape index (κ3) is 3.19. The first-order chi connectivity index (χ1) is 8.29. The zero-order valence-corrected chi connectivity index (χ0v) is 9.93. The summed E-state index contributed by atoms with van der Waals surface area (Å²) in [7, 11) is 0. The molecule has 0 bridgehead atoms. The molecule has 2 N–H and O–H groups in total. The van der Waals surface area contributed by atoms with Crippen molar-refractivity contribution in [3.05, 3.63) is 59.5 Å². The summed E-state index contributed by atoms with van der Waals surface area (Å²) in [6, 6.07) is 13.9. The van der Waals surface area contributed by atoms with Gasteiger partial charge in [0.05, 0.1) is 6.61 Å². The Labute approximate surface area is 101 Å². The van der Waals surface area contributed by atoms with Crippen LogP contribution in [0.5, 0.6) is 0 Å². The Hall–Kier alpha value is -1.58. The summed E-state index contributed by atoms with van der Waals surface area (Å²) in [6.45, 7) is 2.87. The van der Waals surface area contributed by atoms with E-state index in [0.29, 0.717) is 13.2 Å². The first-order valence-corrected chi connectivity index (χ1v) is 5.71. The van der Waals surface area contributed by atoms with Crippen LogP contribution in [0.15, 0.2) is 46.9 Å². The zero-order chi connectivity index (χ0) is 12.1. The minimum atomic E-state index is -0.177. The molecule has 2 aromatic rings. The van der Waals surface area contributed by atoms with Crippen LogP contribution in [0.1, 0.15) is 23.2 Å². The van der Waals surface area contributed by atoms with E-state index in [1.54, 1.807) is 0 Å². The summed E-state index contributed by atoms with van der Waals surface area (Å²) in [4.78, 5) is 0. The molecule has 0 aliphatic carbocycles. The van der Waals surface area contributed by atoms with E-state index in [1.165, 1.54) is 0 Å². The van der Waals surface area contributed by atoms with E-state index in [0.717, 1.165) is 17.1 Å². The van der Waals surface area contributed by atoms with Gasteiger partial charge in [-0.15, -0.1) is 0 Å². The Morgan fingerprint density at radius 2 is 1.94 bits per heavy atom. The number of rotatable bonds is 5. The molecule has 0 aliphatic rings. The molecule has 1 heterocycles. The smallest absolute Gasteiger partial charge is 0.134 e. The monoisotopic (exact) mass is 231 g/mol. The quantitative estimate of drug-likeness (QED) is 0.860. The van der Waals surface area contributed by atoms with Crippen molar-refractivity contribution >= 4 is 0 Å². The number of aryl methyl sites for hydroxylation is 1. The number of hydrogen-bond donors (Lipinski definition) is 1. The van der Waals surface area contributed by atoms with E-state index in [1.807, 2.05) is 49.4 Å². The molecule has 1 atom stereocenters. The van der Waals surface area contributed by atoms with Gasteiger partial charge in [-0.1, -0.05) is 30.3 Å². The molecule has 3 nitrogen and oxygen atoms in total. The summed E-state index contributed by atoms with van der Waals surface area (Å²) < 4.78 is 11.3. The number of ether oxygens (including phenoxy) is 1. The number of hydrogen-bond acceptors (Lipinski definition) is 3. The lowest BCUT2D eigenvalue weighted by Gasteiger charge is -2.13. The van der Waals surface area contributed by atoms with Crippen molar-refractivity contribution in [1.29, 1.82) is 0 Å². The van der Waals surface area contributed by atoms with Gasteiger partial charge in [-0.25, -0.2) is 0 Å². The van der Waals surface area contributed by atoms with E-state index in [9.17, 15) is 0 Å². The van der Waals surface area contributed by atoms with Gasteiger partial charge in [0.25, 0.3) is 0 Å². The van der Waals surface area contributed by atoms with E-state index in [4.69, 9.17) is 14.9 Å². The molecule has 17 heavy (non-hydrogen) atoms. The number of nitrogens with two attached hydrogens (primary N) is 1. The summed E-state index contributed by atoms with van der Waals surface area (Å²) in [5, 5.41) is 0. The van der Waals surface area contributed by atoms with Crippen molar-refractivity contribution in [2.24, 2.45) is 5.73 Å². The van der Waals surface area contributed by atoms with Gasteiger partial charge in [-0.3, -0.25) is 0 Å². The Balaban J connectivity index is 1.97. The SMILES string of the molecule is Cc1ccc(C(CN)OCc2ccccc2)o1. The number of furan rings is 1. The average molecular weight is 231 g/mol. The van der Waals surface area contributed by atoms with Gasteiger partial charge in [-0.2, -0.15) is 0 Å². The lowest BCUT2D eigenvalue weighted by atomic mass is 10.2. The molecular weight excluding hydrogens is 214 g/mol. The molecule has 1 aromatic carbocycles. The van der Waals surface area contributed by atoms with Crippen LogP contribution in [0, 0.1) is 6.92 Å². The normalized spacial score (nSPS) is 12.6. The van der Waals surface area contributed by atoms with Crippen molar-refractivity contribution in [1.82, 2.24) is 0 Å². The Morgan fingerprint density at radius 3 is 2.53 bits per heavy atom. The standard InChI is InChI=1S/C14H17NO2/c1-11-7-8-13(17-11)14(9-15)16-10-12-5-3-2-4-6-12/h2-8,14H,9-10,15H2,1H3. The van der Waals surface area contributed by atoms with Crippen molar-refractivity contribution in [3.63, 3.8) is 0 Å². The van der Waals surface area contributed by atoms with E-state index in [2.05, 4.69) is 0 Å². The van der Waals surface area contributed by atoms with Crippen LogP contribution < -0.4 is 5.73 Å². The fourth-order valence-electron chi connectivity index (χ4n) is 1.66. The third-order valence-corrected chi connectivity index (χ3v) is 2.59. The minimum absolute atomic E-state index is 0.177. The predicted octanol–water partition coefficient (Wildman–Crippen LogP) is 2.80. The minimum Gasteiger partial charge on any atom is -0.464 e. The van der Waals surface area contributed by atoms with E-state index < -0.39 is 0 Å². The van der Waals surface area contributed by atoms with Gasteiger partial charge in [-0.05, 0) is 24.6 Å². The largest absolute Gasteiger partial charge is 0.464 e.